The molecule has 4 rings (SSSR count). The molecule has 0 radical (unpaired) electrons. The van der Waals surface area contributed by atoms with Crippen LogP contribution in [-0.4, -0.2) is 40.5 Å². The predicted molar refractivity (Wildman–Crippen MR) is 94.0 cm³/mol. The van der Waals surface area contributed by atoms with Crippen LogP contribution in [0.1, 0.15) is 25.0 Å². The summed E-state index contributed by atoms with van der Waals surface area (Å²) in [6, 6.07) is 11.4. The van der Waals surface area contributed by atoms with Gasteiger partial charge >= 0.3 is 0 Å². The zero-order valence-corrected chi connectivity index (χ0v) is 14.3. The number of carbonyl (C=O) groups excluding carboxylic acids is 1. The Morgan fingerprint density at radius 3 is 2.80 bits per heavy atom. The van der Waals surface area contributed by atoms with Crippen LogP contribution in [0.4, 0.5) is 0 Å². The SMILES string of the molecule is O=C(Cc1ccccn1)N1C[C@@H]2CCC[C@]2(COc2ccccn2)C1. The van der Waals surface area contributed by atoms with E-state index >= 15 is 0 Å². The number of carbonyl (C=O) groups is 1. The molecule has 2 atom stereocenters. The number of ether oxygens (including phenoxy) is 1. The molecule has 2 aromatic heterocycles. The Bertz CT molecular complexity index is 722. The highest BCUT2D eigenvalue weighted by molar-refractivity contribution is 5.78. The lowest BCUT2D eigenvalue weighted by Gasteiger charge is -2.28. The van der Waals surface area contributed by atoms with Crippen LogP contribution in [0.15, 0.2) is 48.8 Å². The molecule has 0 bridgehead atoms. The molecule has 1 amide bonds. The number of nitrogens with zero attached hydrogens (tertiary/aromatic N) is 3. The molecule has 1 aliphatic carbocycles. The highest BCUT2D eigenvalue weighted by Gasteiger charge is 2.51. The third kappa shape index (κ3) is 3.36. The van der Waals surface area contributed by atoms with Crippen molar-refractivity contribution in [1.29, 1.82) is 0 Å². The molecule has 2 fully saturated rings. The van der Waals surface area contributed by atoms with Gasteiger partial charge in [0.15, 0.2) is 0 Å². The summed E-state index contributed by atoms with van der Waals surface area (Å²) < 4.78 is 5.98. The quantitative estimate of drug-likeness (QED) is 0.842. The molecule has 2 aromatic rings. The fourth-order valence-corrected chi connectivity index (χ4v) is 4.26. The fourth-order valence-electron chi connectivity index (χ4n) is 4.26. The first-order chi connectivity index (χ1) is 12.3. The van der Waals surface area contributed by atoms with Gasteiger partial charge in [0.05, 0.1) is 13.0 Å². The van der Waals surface area contributed by atoms with Gasteiger partial charge in [-0.2, -0.15) is 0 Å². The smallest absolute Gasteiger partial charge is 0.228 e. The van der Waals surface area contributed by atoms with Gasteiger partial charge in [-0.3, -0.25) is 9.78 Å². The van der Waals surface area contributed by atoms with Gasteiger partial charge in [-0.15, -0.1) is 0 Å². The Labute approximate surface area is 148 Å². The number of likely N-dealkylation sites (tertiary alicyclic amines) is 1. The molecular formula is C20H23N3O2. The summed E-state index contributed by atoms with van der Waals surface area (Å²) in [6.45, 7) is 2.27. The van der Waals surface area contributed by atoms with E-state index in [1.165, 1.54) is 12.8 Å². The van der Waals surface area contributed by atoms with Crippen LogP contribution in [0.2, 0.25) is 0 Å². The molecular weight excluding hydrogens is 314 g/mol. The first-order valence-corrected chi connectivity index (χ1v) is 8.97. The summed E-state index contributed by atoms with van der Waals surface area (Å²) in [4.78, 5) is 23.2. The Morgan fingerprint density at radius 2 is 2.04 bits per heavy atom. The topological polar surface area (TPSA) is 55.3 Å². The Hall–Kier alpha value is -2.43. The average molecular weight is 337 g/mol. The summed E-state index contributed by atoms with van der Waals surface area (Å²) in [7, 11) is 0. The van der Waals surface area contributed by atoms with Crippen LogP contribution in [0.5, 0.6) is 5.88 Å². The summed E-state index contributed by atoms with van der Waals surface area (Å²) in [5.41, 5.74) is 0.917. The monoisotopic (exact) mass is 337 g/mol. The number of aromatic nitrogens is 2. The molecule has 25 heavy (non-hydrogen) atoms. The Kier molecular flexibility index (Phi) is 4.38. The number of pyridine rings is 2. The van der Waals surface area contributed by atoms with Crippen molar-refractivity contribution in [3.05, 3.63) is 54.5 Å². The first-order valence-electron chi connectivity index (χ1n) is 8.97. The van der Waals surface area contributed by atoms with Crippen LogP contribution in [0, 0.1) is 11.3 Å². The van der Waals surface area contributed by atoms with Gasteiger partial charge in [0.25, 0.3) is 0 Å². The van der Waals surface area contributed by atoms with Gasteiger partial charge in [0.2, 0.25) is 11.8 Å². The molecule has 1 saturated heterocycles. The Morgan fingerprint density at radius 1 is 1.20 bits per heavy atom. The van der Waals surface area contributed by atoms with Crippen LogP contribution in [0.3, 0.4) is 0 Å². The van der Waals surface area contributed by atoms with Gasteiger partial charge in [-0.05, 0) is 37.0 Å². The maximum absolute atomic E-state index is 12.7. The van der Waals surface area contributed by atoms with Gasteiger partial charge in [0.1, 0.15) is 0 Å². The molecule has 0 aromatic carbocycles. The molecule has 0 unspecified atom stereocenters. The van der Waals surface area contributed by atoms with Crippen LogP contribution in [0.25, 0.3) is 0 Å². The standard InChI is InChI=1S/C20H23N3O2/c24-19(12-17-7-1-3-10-21-17)23-13-16-6-5-9-20(16,14-23)15-25-18-8-2-4-11-22-18/h1-4,7-8,10-11,16H,5-6,9,12-15H2/t16-,20+/m0/s1. The second-order valence-corrected chi connectivity index (χ2v) is 7.18. The second kappa shape index (κ2) is 6.82. The largest absolute Gasteiger partial charge is 0.477 e. The molecule has 1 saturated carbocycles. The third-order valence-corrected chi connectivity index (χ3v) is 5.60. The van der Waals surface area contributed by atoms with Crippen molar-refractivity contribution in [3.8, 4) is 5.88 Å². The van der Waals surface area contributed by atoms with E-state index in [1.807, 2.05) is 41.3 Å². The number of hydrogen-bond acceptors (Lipinski definition) is 4. The van der Waals surface area contributed by atoms with Crippen molar-refractivity contribution >= 4 is 5.91 Å². The summed E-state index contributed by atoms with van der Waals surface area (Å²) in [5, 5.41) is 0. The molecule has 1 aliphatic heterocycles. The first kappa shape index (κ1) is 16.1. The van der Waals surface area contributed by atoms with E-state index in [0.717, 1.165) is 25.2 Å². The van der Waals surface area contributed by atoms with Crippen molar-refractivity contribution in [3.63, 3.8) is 0 Å². The minimum absolute atomic E-state index is 0.0807. The van der Waals surface area contributed by atoms with E-state index in [9.17, 15) is 4.79 Å². The number of hydrogen-bond donors (Lipinski definition) is 0. The van der Waals surface area contributed by atoms with E-state index < -0.39 is 0 Å². The third-order valence-electron chi connectivity index (χ3n) is 5.60. The normalized spacial score (nSPS) is 25.0. The molecule has 3 heterocycles. The second-order valence-electron chi connectivity index (χ2n) is 7.18. The van der Waals surface area contributed by atoms with Crippen molar-refractivity contribution in [2.24, 2.45) is 11.3 Å². The molecule has 0 spiro atoms. The van der Waals surface area contributed by atoms with Gasteiger partial charge < -0.3 is 9.64 Å². The van der Waals surface area contributed by atoms with Gasteiger partial charge in [-0.25, -0.2) is 4.98 Å². The lowest BCUT2D eigenvalue weighted by Crippen LogP contribution is -2.36. The van der Waals surface area contributed by atoms with E-state index in [1.54, 1.807) is 12.4 Å². The van der Waals surface area contributed by atoms with E-state index in [-0.39, 0.29) is 11.3 Å². The van der Waals surface area contributed by atoms with Gasteiger partial charge in [0, 0.05) is 42.7 Å². The fraction of sp³-hybridized carbons (Fsp3) is 0.450. The zero-order valence-electron chi connectivity index (χ0n) is 14.3. The van der Waals surface area contributed by atoms with Crippen molar-refractivity contribution in [1.82, 2.24) is 14.9 Å². The van der Waals surface area contributed by atoms with Crippen LogP contribution >= 0.6 is 0 Å². The maximum atomic E-state index is 12.7. The van der Waals surface area contributed by atoms with Crippen molar-refractivity contribution in [2.45, 2.75) is 25.7 Å². The van der Waals surface area contributed by atoms with E-state index in [0.29, 0.717) is 24.8 Å². The maximum Gasteiger partial charge on any atom is 0.228 e. The van der Waals surface area contributed by atoms with E-state index in [2.05, 4.69) is 9.97 Å². The number of amides is 1. The number of rotatable bonds is 5. The minimum atomic E-state index is 0.0807. The molecule has 5 heteroatoms. The molecule has 2 aliphatic rings. The zero-order chi connectivity index (χ0) is 17.1. The summed E-state index contributed by atoms with van der Waals surface area (Å²) in [6.07, 6.45) is 7.39. The predicted octanol–water partition coefficient (Wildman–Crippen LogP) is 2.73. The highest BCUT2D eigenvalue weighted by atomic mass is 16.5. The molecule has 0 N–H and O–H groups in total. The summed E-state index contributed by atoms with van der Waals surface area (Å²) >= 11 is 0. The van der Waals surface area contributed by atoms with Crippen molar-refractivity contribution < 1.29 is 9.53 Å². The highest BCUT2D eigenvalue weighted by Crippen LogP contribution is 2.48. The molecule has 5 nitrogen and oxygen atoms in total. The van der Waals surface area contributed by atoms with Crippen LogP contribution in [-0.2, 0) is 11.2 Å². The lowest BCUT2D eigenvalue weighted by molar-refractivity contribution is -0.130. The number of fused-ring (bicyclic) bond motifs is 1. The lowest BCUT2D eigenvalue weighted by atomic mass is 9.81. The van der Waals surface area contributed by atoms with Gasteiger partial charge in [-0.1, -0.05) is 18.6 Å². The average Bonchev–Trinajstić information content (AvgIpc) is 3.19. The van der Waals surface area contributed by atoms with E-state index in [4.69, 9.17) is 4.74 Å². The minimum Gasteiger partial charge on any atom is -0.477 e. The van der Waals surface area contributed by atoms with Crippen molar-refractivity contribution in [2.75, 3.05) is 19.7 Å². The Balaban J connectivity index is 1.41. The molecule has 130 valence electrons. The van der Waals surface area contributed by atoms with Crippen LogP contribution < -0.4 is 4.74 Å². The summed E-state index contributed by atoms with van der Waals surface area (Å²) in [5.74, 6) is 1.37.